The summed E-state index contributed by atoms with van der Waals surface area (Å²) >= 11 is 15.5. The smallest absolute Gasteiger partial charge is 0.0603 e. The molecule has 0 saturated heterocycles. The molecule has 2 N–H and O–H groups in total. The summed E-state index contributed by atoms with van der Waals surface area (Å²) in [4.78, 5) is 3.68. The van der Waals surface area contributed by atoms with Gasteiger partial charge in [0, 0.05) is 20.7 Å². The fourth-order valence-electron chi connectivity index (χ4n) is 1.73. The lowest BCUT2D eigenvalue weighted by atomic mass is 10.2. The summed E-state index contributed by atoms with van der Waals surface area (Å²) in [5, 5.41) is 1.39. The minimum Gasteiger partial charge on any atom is -0.327 e. The van der Waals surface area contributed by atoms with Crippen molar-refractivity contribution < 1.29 is 0 Å². The number of halogens is 2. The molecule has 2 atom stereocenters. The predicted octanol–water partition coefficient (Wildman–Crippen LogP) is 5.54. The monoisotopic (exact) mass is 331 g/mol. The number of aryl methyl sites for hydroxylation is 1. The van der Waals surface area contributed by atoms with E-state index >= 15 is 0 Å². The van der Waals surface area contributed by atoms with Gasteiger partial charge in [-0.3, -0.25) is 0 Å². The Hall–Kier alpha value is -0.190. The number of thiophene rings is 1. The molecule has 5 heteroatoms. The molecular weight excluding hydrogens is 317 g/mol. The molecule has 0 aliphatic rings. The van der Waals surface area contributed by atoms with Crippen LogP contribution in [0.1, 0.15) is 21.9 Å². The second kappa shape index (κ2) is 6.51. The Bertz CT molecular complexity index is 566. The van der Waals surface area contributed by atoms with Gasteiger partial charge in [0.05, 0.1) is 15.3 Å². The molecule has 1 heterocycles. The molecule has 0 aliphatic heterocycles. The fourth-order valence-corrected chi connectivity index (χ4v) is 4.39. The summed E-state index contributed by atoms with van der Waals surface area (Å²) in [5.41, 5.74) is 6.12. The Labute approximate surface area is 132 Å². The Balaban J connectivity index is 2.23. The molecule has 2 rings (SSSR count). The third-order valence-corrected chi connectivity index (χ3v) is 6.11. The third kappa shape index (κ3) is 3.89. The molecule has 0 bridgehead atoms. The summed E-state index contributed by atoms with van der Waals surface area (Å²) in [6.45, 7) is 4.14. The van der Waals surface area contributed by atoms with Gasteiger partial charge in [0.1, 0.15) is 0 Å². The number of hydrogen-bond donors (Lipinski definition) is 1. The molecule has 1 aromatic carbocycles. The molecule has 0 spiro atoms. The van der Waals surface area contributed by atoms with E-state index in [1.54, 1.807) is 23.1 Å². The van der Waals surface area contributed by atoms with E-state index in [9.17, 15) is 0 Å². The van der Waals surface area contributed by atoms with Crippen LogP contribution in [0, 0.1) is 6.92 Å². The van der Waals surface area contributed by atoms with Gasteiger partial charge in [-0.2, -0.15) is 0 Å². The molecule has 1 nitrogen and oxygen atoms in total. The van der Waals surface area contributed by atoms with Crippen molar-refractivity contribution in [3.8, 4) is 0 Å². The molecular formula is C14H15Cl2NS2. The molecule has 1 aromatic heterocycles. The molecule has 0 radical (unpaired) electrons. The van der Waals surface area contributed by atoms with Crippen molar-refractivity contribution in [2.24, 2.45) is 5.73 Å². The zero-order valence-corrected chi connectivity index (χ0v) is 13.8. The maximum Gasteiger partial charge on any atom is 0.0603 e. The Morgan fingerprint density at radius 3 is 2.42 bits per heavy atom. The normalized spacial score (nSPS) is 14.4. The molecule has 102 valence electrons. The van der Waals surface area contributed by atoms with Crippen molar-refractivity contribution in [1.29, 1.82) is 0 Å². The molecule has 2 unspecified atom stereocenters. The predicted molar refractivity (Wildman–Crippen MR) is 87.8 cm³/mol. The van der Waals surface area contributed by atoms with Crippen LogP contribution in [0.5, 0.6) is 0 Å². The Morgan fingerprint density at radius 2 is 1.89 bits per heavy atom. The molecule has 19 heavy (non-hydrogen) atoms. The van der Waals surface area contributed by atoms with Crippen LogP contribution in [0.4, 0.5) is 0 Å². The van der Waals surface area contributed by atoms with Crippen molar-refractivity contribution in [3.05, 3.63) is 50.1 Å². The van der Waals surface area contributed by atoms with E-state index in [2.05, 4.69) is 19.1 Å². The van der Waals surface area contributed by atoms with Gasteiger partial charge in [0.2, 0.25) is 0 Å². The van der Waals surface area contributed by atoms with Crippen LogP contribution in [-0.2, 0) is 0 Å². The van der Waals surface area contributed by atoms with Gasteiger partial charge >= 0.3 is 0 Å². The van der Waals surface area contributed by atoms with E-state index in [4.69, 9.17) is 28.9 Å². The largest absolute Gasteiger partial charge is 0.327 e. The maximum atomic E-state index is 6.12. The van der Waals surface area contributed by atoms with Crippen LogP contribution in [0.25, 0.3) is 0 Å². The lowest BCUT2D eigenvalue weighted by molar-refractivity contribution is 0.730. The van der Waals surface area contributed by atoms with Gasteiger partial charge in [-0.15, -0.1) is 23.1 Å². The highest BCUT2D eigenvalue weighted by atomic mass is 35.5. The highest BCUT2D eigenvalue weighted by Crippen LogP contribution is 2.41. The summed E-state index contributed by atoms with van der Waals surface area (Å²) in [6.07, 6.45) is 0. The molecule has 0 fully saturated rings. The van der Waals surface area contributed by atoms with E-state index in [-0.39, 0.29) is 11.3 Å². The van der Waals surface area contributed by atoms with Gasteiger partial charge in [-0.1, -0.05) is 23.2 Å². The van der Waals surface area contributed by atoms with Crippen LogP contribution in [0.3, 0.4) is 0 Å². The minimum atomic E-state index is 0.0671. The first-order valence-electron chi connectivity index (χ1n) is 5.91. The molecule has 0 amide bonds. The SMILES string of the molecule is Cc1ccc(C(Sc2ccc(Cl)c(Cl)c2)C(C)N)s1. The second-order valence-electron chi connectivity index (χ2n) is 4.42. The van der Waals surface area contributed by atoms with E-state index < -0.39 is 0 Å². The number of thioether (sulfide) groups is 1. The third-order valence-electron chi connectivity index (χ3n) is 2.67. The summed E-state index contributed by atoms with van der Waals surface area (Å²) < 4.78 is 0. The second-order valence-corrected chi connectivity index (χ2v) is 7.77. The van der Waals surface area contributed by atoms with Crippen LogP contribution in [-0.4, -0.2) is 6.04 Å². The summed E-state index contributed by atoms with van der Waals surface area (Å²) in [6, 6.07) is 10.0. The van der Waals surface area contributed by atoms with Crippen LogP contribution in [0.15, 0.2) is 35.2 Å². The Morgan fingerprint density at radius 1 is 1.16 bits per heavy atom. The van der Waals surface area contributed by atoms with E-state index in [0.717, 1.165) is 4.90 Å². The topological polar surface area (TPSA) is 26.0 Å². The molecule has 2 aromatic rings. The quantitative estimate of drug-likeness (QED) is 0.744. The lowest BCUT2D eigenvalue weighted by Crippen LogP contribution is -2.21. The van der Waals surface area contributed by atoms with Gasteiger partial charge in [0.25, 0.3) is 0 Å². The average Bonchev–Trinajstić information content (AvgIpc) is 2.76. The fraction of sp³-hybridized carbons (Fsp3) is 0.286. The number of nitrogens with two attached hydrogens (primary N) is 1. The van der Waals surface area contributed by atoms with Gasteiger partial charge < -0.3 is 5.73 Å². The van der Waals surface area contributed by atoms with Crippen molar-refractivity contribution in [2.45, 2.75) is 30.0 Å². The van der Waals surface area contributed by atoms with Crippen molar-refractivity contribution in [2.75, 3.05) is 0 Å². The highest BCUT2D eigenvalue weighted by Gasteiger charge is 2.19. The molecule has 0 saturated carbocycles. The summed E-state index contributed by atoms with van der Waals surface area (Å²) in [5.74, 6) is 0. The van der Waals surface area contributed by atoms with Crippen molar-refractivity contribution in [3.63, 3.8) is 0 Å². The summed E-state index contributed by atoms with van der Waals surface area (Å²) in [7, 11) is 0. The Kier molecular flexibility index (Phi) is 5.21. The van der Waals surface area contributed by atoms with Crippen LogP contribution >= 0.6 is 46.3 Å². The first-order valence-corrected chi connectivity index (χ1v) is 8.36. The highest BCUT2D eigenvalue weighted by molar-refractivity contribution is 7.99. The van der Waals surface area contributed by atoms with E-state index in [1.165, 1.54) is 9.75 Å². The first-order chi connectivity index (χ1) is 8.97. The zero-order chi connectivity index (χ0) is 14.0. The number of hydrogen-bond acceptors (Lipinski definition) is 3. The van der Waals surface area contributed by atoms with Gasteiger partial charge in [-0.05, 0) is 44.2 Å². The minimum absolute atomic E-state index is 0.0671. The average molecular weight is 332 g/mol. The lowest BCUT2D eigenvalue weighted by Gasteiger charge is -2.19. The van der Waals surface area contributed by atoms with Crippen molar-refractivity contribution >= 4 is 46.3 Å². The number of benzene rings is 1. The van der Waals surface area contributed by atoms with Crippen molar-refractivity contribution in [1.82, 2.24) is 0 Å². The number of rotatable bonds is 4. The van der Waals surface area contributed by atoms with E-state index in [0.29, 0.717) is 10.0 Å². The van der Waals surface area contributed by atoms with Crippen LogP contribution < -0.4 is 5.73 Å². The first kappa shape index (κ1) is 15.2. The van der Waals surface area contributed by atoms with Crippen LogP contribution in [0.2, 0.25) is 10.0 Å². The zero-order valence-electron chi connectivity index (χ0n) is 10.7. The van der Waals surface area contributed by atoms with Gasteiger partial charge in [-0.25, -0.2) is 0 Å². The standard InChI is InChI=1S/C14H15Cl2NS2/c1-8-3-6-13(18-8)14(9(2)17)19-10-4-5-11(15)12(16)7-10/h3-7,9,14H,17H2,1-2H3. The van der Waals surface area contributed by atoms with Gasteiger partial charge in [0.15, 0.2) is 0 Å². The van der Waals surface area contributed by atoms with E-state index in [1.807, 2.05) is 25.1 Å². The molecule has 0 aliphatic carbocycles. The maximum absolute atomic E-state index is 6.12.